The van der Waals surface area contributed by atoms with E-state index in [-0.39, 0.29) is 35.1 Å². The lowest BCUT2D eigenvalue weighted by Crippen LogP contribution is -2.37. The molecule has 0 bridgehead atoms. The zero-order chi connectivity index (χ0) is 21.0. The van der Waals surface area contributed by atoms with Gasteiger partial charge in [-0.3, -0.25) is 9.69 Å². The largest absolute Gasteiger partial charge is 0.460 e. The number of ether oxygens (including phenoxy) is 1. The lowest BCUT2D eigenvalue weighted by atomic mass is 9.86. The zero-order valence-electron chi connectivity index (χ0n) is 18.3. The summed E-state index contributed by atoms with van der Waals surface area (Å²) < 4.78 is 5.31. The molecule has 0 saturated heterocycles. The van der Waals surface area contributed by atoms with Gasteiger partial charge in [0.15, 0.2) is 0 Å². The van der Waals surface area contributed by atoms with Gasteiger partial charge in [-0.25, -0.2) is 4.79 Å². The van der Waals surface area contributed by atoms with Crippen molar-refractivity contribution < 1.29 is 14.3 Å². The SMILES string of the molecule is C=C(C(=C)C(=O)OCC(C)N(CC)CC)C(=O)NCC(C)(C)CCCCC. The molecule has 0 aliphatic carbocycles. The molecule has 0 radical (unpaired) electrons. The number of unbranched alkanes of at least 4 members (excludes halogenated alkanes) is 2. The monoisotopic (exact) mass is 380 g/mol. The van der Waals surface area contributed by atoms with Crippen LogP contribution >= 0.6 is 0 Å². The van der Waals surface area contributed by atoms with Gasteiger partial charge in [0.25, 0.3) is 5.91 Å². The van der Waals surface area contributed by atoms with Crippen LogP contribution in [0.3, 0.4) is 0 Å². The van der Waals surface area contributed by atoms with E-state index >= 15 is 0 Å². The third-order valence-electron chi connectivity index (χ3n) is 4.96. The first-order valence-electron chi connectivity index (χ1n) is 10.2. The average molecular weight is 381 g/mol. The summed E-state index contributed by atoms with van der Waals surface area (Å²) >= 11 is 0. The summed E-state index contributed by atoms with van der Waals surface area (Å²) in [6.07, 6.45) is 4.55. The number of carbonyl (C=O) groups is 2. The van der Waals surface area contributed by atoms with E-state index in [1.54, 1.807) is 0 Å². The van der Waals surface area contributed by atoms with Gasteiger partial charge in [0, 0.05) is 18.2 Å². The fourth-order valence-electron chi connectivity index (χ4n) is 2.86. The Balaban J connectivity index is 4.47. The number of hydrogen-bond donors (Lipinski definition) is 1. The Morgan fingerprint density at radius 3 is 2.19 bits per heavy atom. The van der Waals surface area contributed by atoms with E-state index in [0.717, 1.165) is 25.9 Å². The number of rotatable bonds is 14. The third kappa shape index (κ3) is 9.76. The van der Waals surface area contributed by atoms with Crippen LogP contribution in [-0.4, -0.2) is 49.1 Å². The zero-order valence-corrected chi connectivity index (χ0v) is 18.3. The summed E-state index contributed by atoms with van der Waals surface area (Å²) in [5.41, 5.74) is 0.0921. The Morgan fingerprint density at radius 1 is 1.07 bits per heavy atom. The molecule has 0 spiro atoms. The Hall–Kier alpha value is -1.62. The maximum atomic E-state index is 12.3. The number of carbonyl (C=O) groups excluding carboxylic acids is 2. The molecular formula is C22H40N2O3. The van der Waals surface area contributed by atoms with E-state index in [0.29, 0.717) is 6.54 Å². The van der Waals surface area contributed by atoms with Gasteiger partial charge in [0.05, 0.1) is 5.57 Å². The standard InChI is InChI=1S/C22H40N2O3/c1-9-12-13-14-22(7,8)16-23-20(25)18(5)19(6)21(26)27-15-17(4)24(10-2)11-3/h17H,5-6,9-16H2,1-4,7-8H3,(H,23,25). The second-order valence-corrected chi connectivity index (χ2v) is 7.93. The van der Waals surface area contributed by atoms with Gasteiger partial charge in [0.2, 0.25) is 0 Å². The molecule has 0 aromatic rings. The van der Waals surface area contributed by atoms with Gasteiger partial charge < -0.3 is 10.1 Å². The molecule has 27 heavy (non-hydrogen) atoms. The van der Waals surface area contributed by atoms with Crippen molar-refractivity contribution in [3.05, 3.63) is 24.3 Å². The maximum absolute atomic E-state index is 12.3. The molecule has 1 amide bonds. The number of esters is 1. The predicted molar refractivity (Wildman–Crippen MR) is 113 cm³/mol. The van der Waals surface area contributed by atoms with Crippen molar-refractivity contribution in [2.24, 2.45) is 5.41 Å². The van der Waals surface area contributed by atoms with Crippen molar-refractivity contribution in [2.45, 2.75) is 73.3 Å². The molecule has 1 atom stereocenters. The molecule has 0 fully saturated rings. The first kappa shape index (κ1) is 25.4. The van der Waals surface area contributed by atoms with Gasteiger partial charge in [-0.1, -0.05) is 67.0 Å². The highest BCUT2D eigenvalue weighted by atomic mass is 16.5. The molecule has 0 aliphatic rings. The number of nitrogens with zero attached hydrogens (tertiary/aromatic N) is 1. The highest BCUT2D eigenvalue weighted by Gasteiger charge is 2.23. The molecule has 0 rings (SSSR count). The van der Waals surface area contributed by atoms with Gasteiger partial charge >= 0.3 is 5.97 Å². The van der Waals surface area contributed by atoms with Gasteiger partial charge in [-0.2, -0.15) is 0 Å². The maximum Gasteiger partial charge on any atom is 0.338 e. The highest BCUT2D eigenvalue weighted by Crippen LogP contribution is 2.23. The molecule has 0 saturated carbocycles. The fourth-order valence-corrected chi connectivity index (χ4v) is 2.86. The van der Waals surface area contributed by atoms with Crippen molar-refractivity contribution in [1.82, 2.24) is 10.2 Å². The third-order valence-corrected chi connectivity index (χ3v) is 4.96. The van der Waals surface area contributed by atoms with E-state index in [2.05, 4.69) is 58.0 Å². The summed E-state index contributed by atoms with van der Waals surface area (Å²) in [6, 6.07) is 0.114. The molecule has 5 heteroatoms. The predicted octanol–water partition coefficient (Wildman–Crippen LogP) is 4.10. The summed E-state index contributed by atoms with van der Waals surface area (Å²) in [4.78, 5) is 26.7. The number of hydrogen-bond acceptors (Lipinski definition) is 4. The molecule has 0 aromatic heterocycles. The minimum absolute atomic E-state index is 0.00610. The van der Waals surface area contributed by atoms with Crippen molar-refractivity contribution in [3.8, 4) is 0 Å². The van der Waals surface area contributed by atoms with Crippen LogP contribution in [0, 0.1) is 5.41 Å². The Kier molecular flexibility index (Phi) is 11.9. The van der Waals surface area contributed by atoms with Crippen molar-refractivity contribution in [2.75, 3.05) is 26.2 Å². The lowest BCUT2D eigenvalue weighted by Gasteiger charge is -2.26. The van der Waals surface area contributed by atoms with Crippen LogP contribution in [0.1, 0.15) is 67.2 Å². The molecule has 1 unspecified atom stereocenters. The van der Waals surface area contributed by atoms with Crippen molar-refractivity contribution in [1.29, 1.82) is 0 Å². The number of likely N-dealkylation sites (N-methyl/N-ethyl adjacent to an activating group) is 1. The van der Waals surface area contributed by atoms with E-state index in [9.17, 15) is 9.59 Å². The Morgan fingerprint density at radius 2 is 1.67 bits per heavy atom. The quantitative estimate of drug-likeness (QED) is 0.213. The second-order valence-electron chi connectivity index (χ2n) is 7.93. The lowest BCUT2D eigenvalue weighted by molar-refractivity contribution is -0.140. The summed E-state index contributed by atoms with van der Waals surface area (Å²) in [5.74, 6) is -0.950. The smallest absolute Gasteiger partial charge is 0.338 e. The van der Waals surface area contributed by atoms with Crippen LogP contribution in [0.4, 0.5) is 0 Å². The first-order chi connectivity index (χ1) is 12.6. The van der Waals surface area contributed by atoms with Crippen molar-refractivity contribution >= 4 is 11.9 Å². The first-order valence-corrected chi connectivity index (χ1v) is 10.2. The van der Waals surface area contributed by atoms with Crippen LogP contribution in [0.25, 0.3) is 0 Å². The molecule has 0 aromatic carbocycles. The van der Waals surface area contributed by atoms with E-state index < -0.39 is 5.97 Å². The molecule has 5 nitrogen and oxygen atoms in total. The van der Waals surface area contributed by atoms with Crippen LogP contribution < -0.4 is 5.32 Å². The fraction of sp³-hybridized carbons (Fsp3) is 0.727. The topological polar surface area (TPSA) is 58.6 Å². The van der Waals surface area contributed by atoms with Gasteiger partial charge in [-0.15, -0.1) is 0 Å². The summed E-state index contributed by atoms with van der Waals surface area (Å²) in [6.45, 7) is 22.6. The Bertz CT molecular complexity index is 508. The van der Waals surface area contributed by atoms with E-state index in [1.165, 1.54) is 12.8 Å². The van der Waals surface area contributed by atoms with Gasteiger partial charge in [0.1, 0.15) is 6.61 Å². The highest BCUT2D eigenvalue weighted by molar-refractivity contribution is 6.08. The summed E-state index contributed by atoms with van der Waals surface area (Å²) in [5, 5.41) is 2.87. The van der Waals surface area contributed by atoms with Crippen LogP contribution in [0.15, 0.2) is 24.3 Å². The second kappa shape index (κ2) is 12.7. The van der Waals surface area contributed by atoms with Crippen molar-refractivity contribution in [3.63, 3.8) is 0 Å². The minimum atomic E-state index is -0.587. The number of nitrogens with one attached hydrogen (secondary N) is 1. The van der Waals surface area contributed by atoms with E-state index in [4.69, 9.17) is 4.74 Å². The van der Waals surface area contributed by atoms with Gasteiger partial charge in [-0.05, 0) is 31.8 Å². The van der Waals surface area contributed by atoms with Crippen LogP contribution in [0.2, 0.25) is 0 Å². The molecule has 1 N–H and O–H groups in total. The van der Waals surface area contributed by atoms with Crippen LogP contribution in [-0.2, 0) is 14.3 Å². The van der Waals surface area contributed by atoms with Crippen LogP contribution in [0.5, 0.6) is 0 Å². The average Bonchev–Trinajstić information content (AvgIpc) is 2.64. The minimum Gasteiger partial charge on any atom is -0.460 e. The molecule has 0 aliphatic heterocycles. The Labute approximate surface area is 166 Å². The molecular weight excluding hydrogens is 340 g/mol. The number of amides is 1. The summed E-state index contributed by atoms with van der Waals surface area (Å²) in [7, 11) is 0. The van der Waals surface area contributed by atoms with E-state index in [1.807, 2.05) is 6.92 Å². The molecule has 156 valence electrons. The molecule has 0 heterocycles. The normalized spacial score (nSPS) is 12.6.